The second-order valence-electron chi connectivity index (χ2n) is 5.73. The number of hydrogen-bond acceptors (Lipinski definition) is 4. The van der Waals surface area contributed by atoms with Gasteiger partial charge in [0.25, 0.3) is 0 Å². The predicted molar refractivity (Wildman–Crippen MR) is 74.8 cm³/mol. The van der Waals surface area contributed by atoms with Crippen LogP contribution in [0.4, 0.5) is 0 Å². The van der Waals surface area contributed by atoms with Crippen molar-refractivity contribution in [2.45, 2.75) is 26.1 Å². The van der Waals surface area contributed by atoms with E-state index in [0.29, 0.717) is 0 Å². The van der Waals surface area contributed by atoms with Crippen molar-refractivity contribution in [3.05, 3.63) is 23.8 Å². The first-order valence-electron chi connectivity index (χ1n) is 7.06. The Labute approximate surface area is 114 Å². The molecule has 0 atom stereocenters. The van der Waals surface area contributed by atoms with Crippen LogP contribution in [0, 0.1) is 0 Å². The minimum Gasteiger partial charge on any atom is -0.449 e. The number of nitrogens with one attached hydrogen (secondary N) is 1. The highest BCUT2D eigenvalue weighted by atomic mass is 16.7. The lowest BCUT2D eigenvalue weighted by Gasteiger charge is -2.27. The molecule has 0 aromatic heterocycles. The second-order valence-corrected chi connectivity index (χ2v) is 5.73. The summed E-state index contributed by atoms with van der Waals surface area (Å²) >= 11 is 0. The van der Waals surface area contributed by atoms with Gasteiger partial charge in [0.05, 0.1) is 0 Å². The molecule has 0 bridgehead atoms. The van der Waals surface area contributed by atoms with Gasteiger partial charge in [-0.15, -0.1) is 0 Å². The van der Waals surface area contributed by atoms with E-state index < -0.39 is 5.79 Å². The highest BCUT2D eigenvalue weighted by molar-refractivity contribution is 5.45. The maximum absolute atomic E-state index is 5.78. The van der Waals surface area contributed by atoms with Crippen LogP contribution in [0.15, 0.2) is 18.2 Å². The SMILES string of the molecule is CC1(C)Oc2ccc(CCN3CCNCC3)cc2O1. The zero-order chi connectivity index (χ0) is 13.3. The van der Waals surface area contributed by atoms with Gasteiger partial charge in [-0.05, 0) is 24.1 Å². The maximum Gasteiger partial charge on any atom is 0.246 e. The molecule has 4 nitrogen and oxygen atoms in total. The van der Waals surface area contributed by atoms with Crippen LogP contribution in [0.2, 0.25) is 0 Å². The highest BCUT2D eigenvalue weighted by Crippen LogP contribution is 2.39. The molecule has 1 saturated heterocycles. The van der Waals surface area contributed by atoms with E-state index in [1.165, 1.54) is 5.56 Å². The molecule has 0 unspecified atom stereocenters. The average Bonchev–Trinajstić information content (AvgIpc) is 2.70. The Balaban J connectivity index is 1.60. The first-order chi connectivity index (χ1) is 9.12. The molecule has 0 spiro atoms. The largest absolute Gasteiger partial charge is 0.449 e. The fourth-order valence-electron chi connectivity index (χ4n) is 2.64. The Hall–Kier alpha value is -1.26. The van der Waals surface area contributed by atoms with Gasteiger partial charge in [0.2, 0.25) is 5.79 Å². The van der Waals surface area contributed by atoms with E-state index in [1.54, 1.807) is 0 Å². The third kappa shape index (κ3) is 3.01. The molecule has 0 saturated carbocycles. The standard InChI is InChI=1S/C15H22N2O2/c1-15(2)18-13-4-3-12(11-14(13)19-15)5-8-17-9-6-16-7-10-17/h3-4,11,16H,5-10H2,1-2H3. The van der Waals surface area contributed by atoms with Crippen LogP contribution in [0.5, 0.6) is 11.5 Å². The van der Waals surface area contributed by atoms with Gasteiger partial charge >= 0.3 is 0 Å². The van der Waals surface area contributed by atoms with Crippen LogP contribution < -0.4 is 14.8 Å². The van der Waals surface area contributed by atoms with E-state index >= 15 is 0 Å². The van der Waals surface area contributed by atoms with Crippen molar-refractivity contribution in [2.24, 2.45) is 0 Å². The van der Waals surface area contributed by atoms with Gasteiger partial charge in [0.15, 0.2) is 11.5 Å². The van der Waals surface area contributed by atoms with E-state index in [2.05, 4.69) is 22.3 Å². The summed E-state index contributed by atoms with van der Waals surface area (Å²) in [6.45, 7) is 9.51. The molecule has 0 amide bonds. The molecule has 1 fully saturated rings. The average molecular weight is 262 g/mol. The van der Waals surface area contributed by atoms with Gasteiger partial charge in [-0.3, -0.25) is 0 Å². The van der Waals surface area contributed by atoms with Crippen molar-refractivity contribution in [1.82, 2.24) is 10.2 Å². The third-order valence-electron chi connectivity index (χ3n) is 3.65. The Morgan fingerprint density at radius 2 is 1.89 bits per heavy atom. The molecule has 104 valence electrons. The summed E-state index contributed by atoms with van der Waals surface area (Å²) in [4.78, 5) is 2.50. The molecule has 1 aromatic carbocycles. The van der Waals surface area contributed by atoms with Gasteiger partial charge < -0.3 is 19.7 Å². The normalized spacial score (nSPS) is 21.6. The van der Waals surface area contributed by atoms with Gasteiger partial charge in [-0.25, -0.2) is 0 Å². The van der Waals surface area contributed by atoms with Gasteiger partial charge in [-0.1, -0.05) is 6.07 Å². The summed E-state index contributed by atoms with van der Waals surface area (Å²) in [6.07, 6.45) is 1.07. The van der Waals surface area contributed by atoms with Crippen molar-refractivity contribution in [1.29, 1.82) is 0 Å². The van der Waals surface area contributed by atoms with Crippen LogP contribution in [-0.2, 0) is 6.42 Å². The molecule has 19 heavy (non-hydrogen) atoms. The van der Waals surface area contributed by atoms with Crippen LogP contribution in [0.1, 0.15) is 19.4 Å². The summed E-state index contributed by atoms with van der Waals surface area (Å²) in [5.41, 5.74) is 1.32. The Morgan fingerprint density at radius 3 is 2.68 bits per heavy atom. The molecule has 4 heteroatoms. The molecule has 1 N–H and O–H groups in total. The van der Waals surface area contributed by atoms with Gasteiger partial charge in [0, 0.05) is 46.6 Å². The van der Waals surface area contributed by atoms with Crippen LogP contribution in [0.25, 0.3) is 0 Å². The third-order valence-corrected chi connectivity index (χ3v) is 3.65. The van der Waals surface area contributed by atoms with Gasteiger partial charge in [-0.2, -0.15) is 0 Å². The van der Waals surface area contributed by atoms with Crippen molar-refractivity contribution >= 4 is 0 Å². The summed E-state index contributed by atoms with van der Waals surface area (Å²) in [7, 11) is 0. The Kier molecular flexibility index (Phi) is 3.37. The van der Waals surface area contributed by atoms with Crippen LogP contribution >= 0.6 is 0 Å². The zero-order valence-electron chi connectivity index (χ0n) is 11.7. The predicted octanol–water partition coefficient (Wildman–Crippen LogP) is 1.64. The summed E-state index contributed by atoms with van der Waals surface area (Å²) in [5.74, 6) is 1.21. The fraction of sp³-hybridized carbons (Fsp3) is 0.600. The zero-order valence-corrected chi connectivity index (χ0v) is 11.7. The number of fused-ring (bicyclic) bond motifs is 1. The summed E-state index contributed by atoms with van der Waals surface area (Å²) in [6, 6.07) is 6.29. The Morgan fingerprint density at radius 1 is 1.16 bits per heavy atom. The van der Waals surface area contributed by atoms with Crippen molar-refractivity contribution in [3.8, 4) is 11.5 Å². The molecule has 2 aliphatic rings. The smallest absolute Gasteiger partial charge is 0.246 e. The number of benzene rings is 1. The molecule has 0 radical (unpaired) electrons. The number of piperazine rings is 1. The first kappa shape index (κ1) is 12.8. The molecule has 3 rings (SSSR count). The molecular weight excluding hydrogens is 240 g/mol. The van der Waals surface area contributed by atoms with Gasteiger partial charge in [0.1, 0.15) is 0 Å². The molecule has 0 aliphatic carbocycles. The lowest BCUT2D eigenvalue weighted by atomic mass is 10.1. The monoisotopic (exact) mass is 262 g/mol. The lowest BCUT2D eigenvalue weighted by molar-refractivity contribution is -0.0431. The quantitative estimate of drug-likeness (QED) is 0.898. The molecular formula is C15H22N2O2. The van der Waals surface area contributed by atoms with Crippen molar-refractivity contribution in [3.63, 3.8) is 0 Å². The maximum atomic E-state index is 5.78. The number of ether oxygens (including phenoxy) is 2. The summed E-state index contributed by atoms with van der Waals surface area (Å²) < 4.78 is 11.5. The highest BCUT2D eigenvalue weighted by Gasteiger charge is 2.31. The lowest BCUT2D eigenvalue weighted by Crippen LogP contribution is -2.44. The van der Waals surface area contributed by atoms with Crippen LogP contribution in [0.3, 0.4) is 0 Å². The van der Waals surface area contributed by atoms with Crippen LogP contribution in [-0.4, -0.2) is 43.4 Å². The minimum atomic E-state index is -0.528. The molecule has 2 heterocycles. The molecule has 2 aliphatic heterocycles. The second kappa shape index (κ2) is 5.02. The van der Waals surface area contributed by atoms with E-state index in [0.717, 1.165) is 50.6 Å². The number of rotatable bonds is 3. The Bertz CT molecular complexity index is 453. The van der Waals surface area contributed by atoms with Crippen molar-refractivity contribution in [2.75, 3.05) is 32.7 Å². The summed E-state index contributed by atoms with van der Waals surface area (Å²) in [5, 5.41) is 3.38. The fourth-order valence-corrected chi connectivity index (χ4v) is 2.64. The van der Waals surface area contributed by atoms with E-state index in [9.17, 15) is 0 Å². The van der Waals surface area contributed by atoms with E-state index in [4.69, 9.17) is 9.47 Å². The van der Waals surface area contributed by atoms with E-state index in [-0.39, 0.29) is 0 Å². The first-order valence-corrected chi connectivity index (χ1v) is 7.06. The molecule has 1 aromatic rings. The number of nitrogens with zero attached hydrogens (tertiary/aromatic N) is 1. The topological polar surface area (TPSA) is 33.7 Å². The minimum absolute atomic E-state index is 0.528. The number of hydrogen-bond donors (Lipinski definition) is 1. The van der Waals surface area contributed by atoms with E-state index in [1.807, 2.05) is 19.9 Å². The van der Waals surface area contributed by atoms with Crippen molar-refractivity contribution < 1.29 is 9.47 Å².